The molecule has 0 nitrogen and oxygen atoms in total. The zero-order chi connectivity index (χ0) is 10.8. The fraction of sp³-hybridized carbons (Fsp3) is 0.200. The molecule has 76 valence electrons. The Labute approximate surface area is 84.8 Å². The van der Waals surface area contributed by atoms with E-state index in [0.29, 0.717) is 5.56 Å². The number of benzene rings is 1. The molecule has 0 aromatic heterocycles. The van der Waals surface area contributed by atoms with Crippen molar-refractivity contribution in [3.63, 3.8) is 0 Å². The minimum Gasteiger partial charge on any atom is -0.166 e. The van der Waals surface area contributed by atoms with Gasteiger partial charge in [-0.2, -0.15) is 13.2 Å². The van der Waals surface area contributed by atoms with Crippen LogP contribution < -0.4 is 0 Å². The molecule has 0 bridgehead atoms. The van der Waals surface area contributed by atoms with Crippen LogP contribution in [0.2, 0.25) is 0 Å². The number of thioether (sulfide) groups is 1. The van der Waals surface area contributed by atoms with Gasteiger partial charge in [0.2, 0.25) is 0 Å². The lowest BCUT2D eigenvalue weighted by molar-refractivity contribution is -0.137. The number of hydrogen-bond donors (Lipinski definition) is 0. The average molecular weight is 218 g/mol. The second kappa shape index (κ2) is 4.09. The second-order valence-corrected chi connectivity index (χ2v) is 3.51. The normalized spacial score (nSPS) is 11.4. The van der Waals surface area contributed by atoms with Gasteiger partial charge in [-0.15, -0.1) is 11.8 Å². The van der Waals surface area contributed by atoms with E-state index in [-0.39, 0.29) is 0 Å². The van der Waals surface area contributed by atoms with E-state index in [1.165, 1.54) is 23.9 Å². The van der Waals surface area contributed by atoms with Crippen LogP contribution in [0.5, 0.6) is 0 Å². The predicted octanol–water partition coefficient (Wildman–Crippen LogP) is 4.07. The van der Waals surface area contributed by atoms with Gasteiger partial charge in [0, 0.05) is 4.90 Å². The highest BCUT2D eigenvalue weighted by Gasteiger charge is 2.30. The lowest BCUT2D eigenvalue weighted by Gasteiger charge is -2.09. The van der Waals surface area contributed by atoms with E-state index in [2.05, 4.69) is 6.58 Å². The van der Waals surface area contributed by atoms with E-state index in [4.69, 9.17) is 0 Å². The van der Waals surface area contributed by atoms with E-state index in [1.54, 1.807) is 0 Å². The maximum Gasteiger partial charge on any atom is 0.416 e. The molecule has 0 aliphatic carbocycles. The van der Waals surface area contributed by atoms with Crippen molar-refractivity contribution in [3.8, 4) is 0 Å². The molecule has 4 heteroatoms. The van der Waals surface area contributed by atoms with Gasteiger partial charge in [-0.05, 0) is 30.0 Å². The van der Waals surface area contributed by atoms with Crippen molar-refractivity contribution < 1.29 is 13.2 Å². The summed E-state index contributed by atoms with van der Waals surface area (Å²) in [5.74, 6) is 0. The molecule has 0 amide bonds. The van der Waals surface area contributed by atoms with Crippen LogP contribution in [0.25, 0.3) is 6.08 Å². The Morgan fingerprint density at radius 1 is 1.36 bits per heavy atom. The first-order valence-electron chi connectivity index (χ1n) is 3.86. The van der Waals surface area contributed by atoms with Crippen molar-refractivity contribution >= 4 is 17.8 Å². The molecule has 14 heavy (non-hydrogen) atoms. The Morgan fingerprint density at radius 3 is 2.43 bits per heavy atom. The smallest absolute Gasteiger partial charge is 0.166 e. The highest BCUT2D eigenvalue weighted by molar-refractivity contribution is 7.98. The van der Waals surface area contributed by atoms with Crippen molar-refractivity contribution in [1.29, 1.82) is 0 Å². The third-order valence-electron chi connectivity index (χ3n) is 1.78. The van der Waals surface area contributed by atoms with Gasteiger partial charge in [-0.3, -0.25) is 0 Å². The summed E-state index contributed by atoms with van der Waals surface area (Å²) in [5.41, 5.74) is -0.113. The summed E-state index contributed by atoms with van der Waals surface area (Å²) < 4.78 is 36.9. The number of alkyl halides is 3. The highest BCUT2D eigenvalue weighted by Crippen LogP contribution is 2.32. The van der Waals surface area contributed by atoms with Crippen LogP contribution in [0.15, 0.2) is 29.7 Å². The molecule has 0 aliphatic heterocycles. The average Bonchev–Trinajstić information content (AvgIpc) is 2.15. The number of hydrogen-bond acceptors (Lipinski definition) is 1. The summed E-state index contributed by atoms with van der Waals surface area (Å²) in [6.45, 7) is 3.48. The molecule has 0 saturated carbocycles. The molecule has 0 atom stereocenters. The van der Waals surface area contributed by atoms with Gasteiger partial charge in [0.25, 0.3) is 0 Å². The molecule has 0 radical (unpaired) electrons. The van der Waals surface area contributed by atoms with E-state index >= 15 is 0 Å². The van der Waals surface area contributed by atoms with Gasteiger partial charge < -0.3 is 0 Å². The summed E-state index contributed by atoms with van der Waals surface area (Å²) in [5, 5.41) is 0. The first-order valence-corrected chi connectivity index (χ1v) is 5.09. The minimum atomic E-state index is -4.28. The fourth-order valence-electron chi connectivity index (χ4n) is 1.07. The van der Waals surface area contributed by atoms with Crippen LogP contribution in [-0.2, 0) is 6.18 Å². The van der Waals surface area contributed by atoms with E-state index in [1.807, 2.05) is 6.26 Å². The van der Waals surface area contributed by atoms with Crippen molar-refractivity contribution in [2.24, 2.45) is 0 Å². The topological polar surface area (TPSA) is 0 Å². The van der Waals surface area contributed by atoms with E-state index < -0.39 is 11.7 Å². The van der Waals surface area contributed by atoms with Gasteiger partial charge in [0.15, 0.2) is 0 Å². The molecule has 0 unspecified atom stereocenters. The van der Waals surface area contributed by atoms with Crippen LogP contribution in [0, 0.1) is 0 Å². The van der Waals surface area contributed by atoms with Gasteiger partial charge >= 0.3 is 6.18 Å². The highest BCUT2D eigenvalue weighted by atomic mass is 32.2. The van der Waals surface area contributed by atoms with Gasteiger partial charge in [-0.25, -0.2) is 0 Å². The van der Waals surface area contributed by atoms with E-state index in [0.717, 1.165) is 17.0 Å². The lowest BCUT2D eigenvalue weighted by Crippen LogP contribution is -2.04. The summed E-state index contributed by atoms with van der Waals surface area (Å²) in [6.07, 6.45) is -1.04. The fourth-order valence-corrected chi connectivity index (χ4v) is 1.65. The third-order valence-corrected chi connectivity index (χ3v) is 2.59. The SMILES string of the molecule is C=Cc1cc(C(F)(F)F)ccc1SC. The van der Waals surface area contributed by atoms with Gasteiger partial charge in [-0.1, -0.05) is 12.7 Å². The second-order valence-electron chi connectivity index (χ2n) is 2.66. The molecule has 0 heterocycles. The van der Waals surface area contributed by atoms with Crippen LogP contribution >= 0.6 is 11.8 Å². The molecular weight excluding hydrogens is 209 g/mol. The van der Waals surface area contributed by atoms with Crippen LogP contribution in [0.1, 0.15) is 11.1 Å². The Balaban J connectivity index is 3.21. The maximum absolute atomic E-state index is 12.3. The zero-order valence-corrected chi connectivity index (χ0v) is 8.38. The Bertz CT molecular complexity index is 342. The summed E-state index contributed by atoms with van der Waals surface area (Å²) in [4.78, 5) is 0.799. The molecule has 0 saturated heterocycles. The van der Waals surface area contributed by atoms with Crippen molar-refractivity contribution in [1.82, 2.24) is 0 Å². The first-order chi connectivity index (χ1) is 6.49. The quantitative estimate of drug-likeness (QED) is 0.674. The Kier molecular flexibility index (Phi) is 3.26. The molecule has 1 aromatic carbocycles. The zero-order valence-electron chi connectivity index (χ0n) is 7.56. The van der Waals surface area contributed by atoms with Gasteiger partial charge in [0.05, 0.1) is 5.56 Å². The van der Waals surface area contributed by atoms with E-state index in [9.17, 15) is 13.2 Å². The molecular formula is C10H9F3S. The van der Waals surface area contributed by atoms with Crippen molar-refractivity contribution in [3.05, 3.63) is 35.9 Å². The third kappa shape index (κ3) is 2.32. The first kappa shape index (κ1) is 11.2. The molecule has 0 N–H and O–H groups in total. The Hall–Kier alpha value is -0.900. The van der Waals surface area contributed by atoms with Crippen molar-refractivity contribution in [2.75, 3.05) is 6.26 Å². The standard InChI is InChI=1S/C10H9F3S/c1-3-7-6-8(10(11,12)13)4-5-9(7)14-2/h3-6H,1H2,2H3. The Morgan fingerprint density at radius 2 is 2.00 bits per heavy atom. The van der Waals surface area contributed by atoms with Gasteiger partial charge in [0.1, 0.15) is 0 Å². The summed E-state index contributed by atoms with van der Waals surface area (Å²) in [6, 6.07) is 3.65. The number of halogens is 3. The monoisotopic (exact) mass is 218 g/mol. The predicted molar refractivity (Wildman–Crippen MR) is 53.3 cm³/mol. The molecule has 1 aromatic rings. The van der Waals surface area contributed by atoms with Crippen LogP contribution in [0.4, 0.5) is 13.2 Å². The maximum atomic E-state index is 12.3. The minimum absolute atomic E-state index is 0.521. The number of rotatable bonds is 2. The summed E-state index contributed by atoms with van der Waals surface area (Å²) >= 11 is 1.40. The molecule has 0 spiro atoms. The van der Waals surface area contributed by atoms with Crippen molar-refractivity contribution in [2.45, 2.75) is 11.1 Å². The molecule has 0 aliphatic rings. The largest absolute Gasteiger partial charge is 0.416 e. The lowest BCUT2D eigenvalue weighted by atomic mass is 10.1. The van der Waals surface area contributed by atoms with Crippen LogP contribution in [-0.4, -0.2) is 6.26 Å². The van der Waals surface area contributed by atoms with Crippen LogP contribution in [0.3, 0.4) is 0 Å². The summed E-state index contributed by atoms with van der Waals surface area (Å²) in [7, 11) is 0. The molecule has 0 fully saturated rings. The molecule has 1 rings (SSSR count).